The van der Waals surface area contributed by atoms with E-state index in [1.807, 2.05) is 13.8 Å². The number of ether oxygens (including phenoxy) is 1. The van der Waals surface area contributed by atoms with Crippen LogP contribution in [0.2, 0.25) is 0 Å². The largest absolute Gasteiger partial charge is 0.481 e. The van der Waals surface area contributed by atoms with E-state index >= 15 is 0 Å². The normalized spacial score (nSPS) is 23.2. The molecule has 1 fully saturated rings. The molecule has 1 heterocycles. The minimum Gasteiger partial charge on any atom is -0.481 e. The van der Waals surface area contributed by atoms with Gasteiger partial charge < -0.3 is 14.7 Å². The highest BCUT2D eigenvalue weighted by molar-refractivity contribution is 5.70. The third kappa shape index (κ3) is 3.64. The predicted molar refractivity (Wildman–Crippen MR) is 53.3 cm³/mol. The summed E-state index contributed by atoms with van der Waals surface area (Å²) in [5, 5.41) is 8.79. The standard InChI is InChI=1S/C10H19NO3/c1-8(2)14-6-5-11-4-3-9(7-11)10(12)13/h8-9H,3-7H2,1-2H3,(H,12,13). The Morgan fingerprint density at radius 3 is 2.86 bits per heavy atom. The molecular formula is C10H19NO3. The lowest BCUT2D eigenvalue weighted by atomic mass is 10.1. The zero-order valence-electron chi connectivity index (χ0n) is 8.90. The van der Waals surface area contributed by atoms with Crippen LogP contribution in [-0.2, 0) is 9.53 Å². The Balaban J connectivity index is 2.13. The molecule has 1 saturated heterocycles. The van der Waals surface area contributed by atoms with E-state index in [2.05, 4.69) is 4.90 Å². The highest BCUT2D eigenvalue weighted by atomic mass is 16.5. The first-order valence-electron chi connectivity index (χ1n) is 5.16. The molecule has 4 nitrogen and oxygen atoms in total. The molecule has 14 heavy (non-hydrogen) atoms. The van der Waals surface area contributed by atoms with Gasteiger partial charge in [-0.1, -0.05) is 0 Å². The zero-order valence-corrected chi connectivity index (χ0v) is 8.90. The molecule has 4 heteroatoms. The average Bonchev–Trinajstić information content (AvgIpc) is 2.52. The molecular weight excluding hydrogens is 182 g/mol. The Labute approximate surface area is 84.8 Å². The van der Waals surface area contributed by atoms with Crippen LogP contribution in [0.5, 0.6) is 0 Å². The van der Waals surface area contributed by atoms with Crippen LogP contribution in [-0.4, -0.2) is 48.3 Å². The van der Waals surface area contributed by atoms with E-state index in [9.17, 15) is 4.79 Å². The topological polar surface area (TPSA) is 49.8 Å². The van der Waals surface area contributed by atoms with Crippen LogP contribution in [0.3, 0.4) is 0 Å². The monoisotopic (exact) mass is 201 g/mol. The van der Waals surface area contributed by atoms with Crippen LogP contribution in [0.25, 0.3) is 0 Å². The molecule has 1 aliphatic rings. The van der Waals surface area contributed by atoms with E-state index in [4.69, 9.17) is 9.84 Å². The maximum Gasteiger partial charge on any atom is 0.307 e. The second-order valence-electron chi connectivity index (χ2n) is 4.04. The molecule has 0 aromatic heterocycles. The fourth-order valence-corrected chi connectivity index (χ4v) is 1.65. The summed E-state index contributed by atoms with van der Waals surface area (Å²) in [6, 6.07) is 0. The zero-order chi connectivity index (χ0) is 10.6. The van der Waals surface area contributed by atoms with Crippen molar-refractivity contribution in [2.45, 2.75) is 26.4 Å². The molecule has 0 aromatic carbocycles. The fraction of sp³-hybridized carbons (Fsp3) is 0.900. The number of carbonyl (C=O) groups is 1. The summed E-state index contributed by atoms with van der Waals surface area (Å²) in [5.41, 5.74) is 0. The summed E-state index contributed by atoms with van der Waals surface area (Å²) in [6.07, 6.45) is 1.03. The van der Waals surface area contributed by atoms with Crippen molar-refractivity contribution in [2.24, 2.45) is 5.92 Å². The van der Waals surface area contributed by atoms with E-state index in [0.29, 0.717) is 13.2 Å². The van der Waals surface area contributed by atoms with Gasteiger partial charge in [0.05, 0.1) is 18.6 Å². The number of rotatable bonds is 5. The van der Waals surface area contributed by atoms with Crippen LogP contribution in [0, 0.1) is 5.92 Å². The minimum atomic E-state index is -0.669. The highest BCUT2D eigenvalue weighted by Gasteiger charge is 2.27. The Morgan fingerprint density at radius 2 is 2.36 bits per heavy atom. The highest BCUT2D eigenvalue weighted by Crippen LogP contribution is 2.15. The summed E-state index contributed by atoms with van der Waals surface area (Å²) < 4.78 is 5.41. The lowest BCUT2D eigenvalue weighted by molar-refractivity contribution is -0.141. The second kappa shape index (κ2) is 5.32. The van der Waals surface area contributed by atoms with Gasteiger partial charge in [-0.05, 0) is 26.8 Å². The minimum absolute atomic E-state index is 0.172. The quantitative estimate of drug-likeness (QED) is 0.715. The first-order chi connectivity index (χ1) is 6.59. The SMILES string of the molecule is CC(C)OCCN1CCC(C(=O)O)C1. The van der Waals surface area contributed by atoms with Gasteiger partial charge in [-0.25, -0.2) is 0 Å². The van der Waals surface area contributed by atoms with Gasteiger partial charge in [0.2, 0.25) is 0 Å². The van der Waals surface area contributed by atoms with Crippen LogP contribution < -0.4 is 0 Å². The van der Waals surface area contributed by atoms with Crippen molar-refractivity contribution in [3.8, 4) is 0 Å². The Kier molecular flexibility index (Phi) is 4.35. The fourth-order valence-electron chi connectivity index (χ4n) is 1.65. The molecule has 0 radical (unpaired) electrons. The summed E-state index contributed by atoms with van der Waals surface area (Å²) in [6.45, 7) is 7.12. The van der Waals surface area contributed by atoms with Crippen molar-refractivity contribution >= 4 is 5.97 Å². The predicted octanol–water partition coefficient (Wildman–Crippen LogP) is 0.818. The molecule has 0 aliphatic carbocycles. The Bertz CT molecular complexity index is 194. The van der Waals surface area contributed by atoms with Gasteiger partial charge >= 0.3 is 5.97 Å². The lowest BCUT2D eigenvalue weighted by Gasteiger charge is -2.16. The van der Waals surface area contributed by atoms with Gasteiger partial charge in [0.25, 0.3) is 0 Å². The number of carboxylic acids is 1. The third-order valence-electron chi connectivity index (χ3n) is 2.48. The van der Waals surface area contributed by atoms with Crippen molar-refractivity contribution < 1.29 is 14.6 Å². The van der Waals surface area contributed by atoms with Crippen molar-refractivity contribution in [1.82, 2.24) is 4.90 Å². The molecule has 1 aliphatic heterocycles. The Morgan fingerprint density at radius 1 is 1.64 bits per heavy atom. The molecule has 0 bridgehead atoms. The molecule has 1 rings (SSSR count). The van der Waals surface area contributed by atoms with Gasteiger partial charge in [0, 0.05) is 13.1 Å². The number of hydrogen-bond donors (Lipinski definition) is 1. The van der Waals surface area contributed by atoms with E-state index in [-0.39, 0.29) is 12.0 Å². The molecule has 1 N–H and O–H groups in total. The van der Waals surface area contributed by atoms with Crippen LogP contribution in [0.15, 0.2) is 0 Å². The van der Waals surface area contributed by atoms with Gasteiger partial charge in [-0.2, -0.15) is 0 Å². The van der Waals surface area contributed by atoms with Crippen LogP contribution in [0.4, 0.5) is 0 Å². The van der Waals surface area contributed by atoms with E-state index in [1.165, 1.54) is 0 Å². The van der Waals surface area contributed by atoms with Crippen molar-refractivity contribution in [3.63, 3.8) is 0 Å². The molecule has 82 valence electrons. The maximum absolute atomic E-state index is 10.7. The van der Waals surface area contributed by atoms with Crippen LogP contribution >= 0.6 is 0 Å². The first kappa shape index (κ1) is 11.5. The molecule has 0 spiro atoms. The molecule has 0 amide bonds. The molecule has 1 unspecified atom stereocenters. The number of likely N-dealkylation sites (tertiary alicyclic amines) is 1. The lowest BCUT2D eigenvalue weighted by Crippen LogP contribution is -2.27. The van der Waals surface area contributed by atoms with Crippen LogP contribution in [0.1, 0.15) is 20.3 Å². The van der Waals surface area contributed by atoms with Crippen molar-refractivity contribution in [2.75, 3.05) is 26.2 Å². The first-order valence-corrected chi connectivity index (χ1v) is 5.16. The number of carboxylic acid groups (broad SMARTS) is 1. The maximum atomic E-state index is 10.7. The van der Waals surface area contributed by atoms with Gasteiger partial charge in [-0.3, -0.25) is 4.79 Å². The average molecular weight is 201 g/mol. The summed E-state index contributed by atoms with van der Waals surface area (Å²) in [7, 11) is 0. The number of nitrogens with zero attached hydrogens (tertiary/aromatic N) is 1. The molecule has 1 atom stereocenters. The van der Waals surface area contributed by atoms with Gasteiger partial charge in [0.15, 0.2) is 0 Å². The smallest absolute Gasteiger partial charge is 0.307 e. The second-order valence-corrected chi connectivity index (χ2v) is 4.04. The summed E-state index contributed by atoms with van der Waals surface area (Å²) in [4.78, 5) is 12.8. The summed E-state index contributed by atoms with van der Waals surface area (Å²) in [5.74, 6) is -0.841. The number of hydrogen-bond acceptors (Lipinski definition) is 3. The van der Waals surface area contributed by atoms with Crippen molar-refractivity contribution in [1.29, 1.82) is 0 Å². The van der Waals surface area contributed by atoms with E-state index in [1.54, 1.807) is 0 Å². The van der Waals surface area contributed by atoms with Gasteiger partial charge in [-0.15, -0.1) is 0 Å². The summed E-state index contributed by atoms with van der Waals surface area (Å²) >= 11 is 0. The molecule has 0 saturated carbocycles. The number of aliphatic carboxylic acids is 1. The molecule has 0 aromatic rings. The third-order valence-corrected chi connectivity index (χ3v) is 2.48. The van der Waals surface area contributed by atoms with Crippen molar-refractivity contribution in [3.05, 3.63) is 0 Å². The Hall–Kier alpha value is -0.610. The van der Waals surface area contributed by atoms with E-state index in [0.717, 1.165) is 19.5 Å². The van der Waals surface area contributed by atoms with E-state index < -0.39 is 5.97 Å². The van der Waals surface area contributed by atoms with Gasteiger partial charge in [0.1, 0.15) is 0 Å².